The van der Waals surface area contributed by atoms with Crippen molar-refractivity contribution in [1.29, 1.82) is 5.41 Å². The average Bonchev–Trinajstić information content (AvgIpc) is 3.03. The first-order valence-electron chi connectivity index (χ1n) is 14.5. The molecule has 12 heteroatoms. The molecule has 2 aromatic carbocycles. The molecule has 5 rings (SSSR count). The van der Waals surface area contributed by atoms with Gasteiger partial charge in [-0.15, -0.1) is 0 Å². The topological polar surface area (TPSA) is 155 Å². The second kappa shape index (κ2) is 12.3. The third-order valence-electron chi connectivity index (χ3n) is 7.74. The second-order valence-corrected chi connectivity index (χ2v) is 12.1. The number of aliphatic hydroxyl groups excluding tert-OH is 2. The number of hydrogen-bond donors (Lipinski definition) is 4. The third-order valence-corrected chi connectivity index (χ3v) is 7.74. The van der Waals surface area contributed by atoms with Gasteiger partial charge in [-0.1, -0.05) is 26.0 Å². The van der Waals surface area contributed by atoms with Crippen molar-refractivity contribution in [2.75, 3.05) is 11.9 Å². The largest absolute Gasteiger partial charge is 0.484 e. The highest BCUT2D eigenvalue weighted by Gasteiger charge is 2.22. The molecule has 0 saturated carbocycles. The predicted molar refractivity (Wildman–Crippen MR) is 175 cm³/mol. The number of rotatable bonds is 10. The number of anilines is 2. The summed E-state index contributed by atoms with van der Waals surface area (Å²) in [6, 6.07) is 14.4. The van der Waals surface area contributed by atoms with Gasteiger partial charge in [0.15, 0.2) is 0 Å². The summed E-state index contributed by atoms with van der Waals surface area (Å²) in [6.07, 6.45) is 4.22. The molecule has 0 spiro atoms. The van der Waals surface area contributed by atoms with Gasteiger partial charge < -0.3 is 25.7 Å². The number of aryl methyl sites for hydroxylation is 1. The molecule has 0 fully saturated rings. The number of hydrogen-bond acceptors (Lipinski definition) is 9. The maximum Gasteiger partial charge on any atom is 0.290 e. The molecule has 238 valence electrons. The van der Waals surface area contributed by atoms with Gasteiger partial charge in [0.2, 0.25) is 0 Å². The Hall–Kier alpha value is -5.20. The van der Waals surface area contributed by atoms with Crippen molar-refractivity contribution >= 4 is 28.5 Å². The molecule has 46 heavy (non-hydrogen) atoms. The molecular weight excluding hydrogens is 591 g/mol. The van der Waals surface area contributed by atoms with Crippen LogP contribution in [0.4, 0.5) is 15.9 Å². The van der Waals surface area contributed by atoms with Crippen molar-refractivity contribution in [1.82, 2.24) is 19.3 Å². The number of pyridine rings is 2. The Bertz CT molecular complexity index is 2070. The first-order chi connectivity index (χ1) is 21.8. The first kappa shape index (κ1) is 32.2. The van der Waals surface area contributed by atoms with E-state index in [1.54, 1.807) is 70.2 Å². The summed E-state index contributed by atoms with van der Waals surface area (Å²) >= 11 is 0. The average molecular weight is 627 g/mol. The quantitative estimate of drug-likeness (QED) is 0.164. The minimum atomic E-state index is -0.792. The molecule has 0 aliphatic carbocycles. The highest BCUT2D eigenvalue weighted by molar-refractivity contribution is 5.85. The van der Waals surface area contributed by atoms with Gasteiger partial charge in [-0.2, -0.15) is 5.10 Å². The Morgan fingerprint density at radius 2 is 1.80 bits per heavy atom. The van der Waals surface area contributed by atoms with E-state index in [0.29, 0.717) is 45.0 Å². The van der Waals surface area contributed by atoms with Crippen LogP contribution in [0.3, 0.4) is 0 Å². The Labute approximate surface area is 264 Å². The second-order valence-electron chi connectivity index (χ2n) is 12.1. The maximum absolute atomic E-state index is 15.4. The lowest BCUT2D eigenvalue weighted by molar-refractivity contribution is 0.0410. The molecular formula is C34H35FN6O5. The molecule has 0 aliphatic rings. The van der Waals surface area contributed by atoms with E-state index in [9.17, 15) is 19.8 Å². The van der Waals surface area contributed by atoms with E-state index in [1.807, 2.05) is 0 Å². The summed E-state index contributed by atoms with van der Waals surface area (Å²) in [4.78, 5) is 31.0. The lowest BCUT2D eigenvalue weighted by atomic mass is 9.85. The predicted octanol–water partition coefficient (Wildman–Crippen LogP) is 4.60. The zero-order valence-corrected chi connectivity index (χ0v) is 26.1. The molecule has 0 atom stereocenters. The summed E-state index contributed by atoms with van der Waals surface area (Å²) in [6.45, 7) is 6.39. The van der Waals surface area contributed by atoms with Crippen LogP contribution in [0.5, 0.6) is 5.75 Å². The molecule has 0 unspecified atom stereocenters. The number of ether oxygens (including phenoxy) is 1. The van der Waals surface area contributed by atoms with Crippen LogP contribution in [-0.2, 0) is 19.1 Å². The minimum absolute atomic E-state index is 0.114. The summed E-state index contributed by atoms with van der Waals surface area (Å²) < 4.78 is 23.5. The molecule has 11 nitrogen and oxygen atoms in total. The van der Waals surface area contributed by atoms with Crippen molar-refractivity contribution in [2.45, 2.75) is 45.3 Å². The molecule has 4 N–H and O–H groups in total. The van der Waals surface area contributed by atoms with Crippen molar-refractivity contribution in [3.8, 4) is 22.7 Å². The molecule has 0 aliphatic heterocycles. The number of nitrogens with one attached hydrogen (secondary N) is 2. The van der Waals surface area contributed by atoms with Crippen LogP contribution in [0.15, 0.2) is 76.6 Å². The number of aromatic nitrogens is 4. The number of benzene rings is 2. The number of aliphatic hydroxyl groups is 2. The van der Waals surface area contributed by atoms with Crippen LogP contribution in [0, 0.1) is 11.2 Å². The zero-order valence-electron chi connectivity index (χ0n) is 26.1. The summed E-state index contributed by atoms with van der Waals surface area (Å²) in [5.41, 5.74) is -0.374. The van der Waals surface area contributed by atoms with Gasteiger partial charge in [0.1, 0.15) is 28.7 Å². The van der Waals surface area contributed by atoms with Crippen molar-refractivity contribution in [3.63, 3.8) is 0 Å². The monoisotopic (exact) mass is 626 g/mol. The van der Waals surface area contributed by atoms with Gasteiger partial charge in [-0.3, -0.25) is 14.2 Å². The van der Waals surface area contributed by atoms with Crippen LogP contribution >= 0.6 is 0 Å². The Morgan fingerprint density at radius 1 is 1.04 bits per heavy atom. The van der Waals surface area contributed by atoms with Crippen molar-refractivity contribution < 1.29 is 19.3 Å². The molecule has 0 amide bonds. The van der Waals surface area contributed by atoms with E-state index in [-0.39, 0.29) is 17.7 Å². The fourth-order valence-electron chi connectivity index (χ4n) is 5.01. The van der Waals surface area contributed by atoms with Gasteiger partial charge in [-0.05, 0) is 67.3 Å². The summed E-state index contributed by atoms with van der Waals surface area (Å²) in [7, 11) is 1.49. The number of halogens is 1. The lowest BCUT2D eigenvalue weighted by Gasteiger charge is -2.23. The zero-order chi connectivity index (χ0) is 33.4. The van der Waals surface area contributed by atoms with E-state index < -0.39 is 34.6 Å². The van der Waals surface area contributed by atoms with Crippen LogP contribution in [0.25, 0.3) is 27.7 Å². The molecule has 0 radical (unpaired) electrons. The van der Waals surface area contributed by atoms with E-state index in [1.165, 1.54) is 42.4 Å². The smallest absolute Gasteiger partial charge is 0.290 e. The Kier molecular flexibility index (Phi) is 8.61. The maximum atomic E-state index is 15.4. The Balaban J connectivity index is 1.56. The molecule has 3 aromatic heterocycles. The fraction of sp³-hybridized carbons (Fsp3) is 0.265. The van der Waals surface area contributed by atoms with Crippen LogP contribution in [0.1, 0.15) is 38.8 Å². The molecule has 0 saturated heterocycles. The minimum Gasteiger partial charge on any atom is -0.484 e. The number of fused-ring (bicyclic) bond motifs is 1. The van der Waals surface area contributed by atoms with E-state index in [4.69, 9.17) is 10.1 Å². The molecule has 5 aromatic rings. The van der Waals surface area contributed by atoms with Gasteiger partial charge in [0, 0.05) is 36.0 Å². The van der Waals surface area contributed by atoms with Gasteiger partial charge in [-0.25, -0.2) is 14.1 Å². The van der Waals surface area contributed by atoms with Crippen molar-refractivity contribution in [3.05, 3.63) is 105 Å². The summed E-state index contributed by atoms with van der Waals surface area (Å²) in [5.74, 6) is 0.0949. The van der Waals surface area contributed by atoms with Gasteiger partial charge in [0.05, 0.1) is 36.2 Å². The van der Waals surface area contributed by atoms with Crippen LogP contribution < -0.4 is 21.2 Å². The standard InChI is InChI=1S/C34H35FN6O5/c1-33(2,18-36)21-13-20-11-12-41(32(45)30(20)25(35)14-21)28-8-6-7-23(24(28)17-42)26-15-27(31(44)40(5)39-26)38-29-10-9-22(16-37-29)46-34(3,4)19-43/h6-16,18,36,42-43H,17,19H2,1-5H3,(H,37,38). The molecule has 3 heterocycles. The van der Waals surface area contributed by atoms with Crippen LogP contribution in [-0.4, -0.2) is 48.0 Å². The first-order valence-corrected chi connectivity index (χ1v) is 14.5. The lowest BCUT2D eigenvalue weighted by Crippen LogP contribution is -2.32. The highest BCUT2D eigenvalue weighted by Crippen LogP contribution is 2.30. The number of nitrogens with zero attached hydrogens (tertiary/aromatic N) is 4. The van der Waals surface area contributed by atoms with E-state index in [2.05, 4.69) is 15.4 Å². The van der Waals surface area contributed by atoms with Crippen LogP contribution in [0.2, 0.25) is 0 Å². The Morgan fingerprint density at radius 3 is 2.46 bits per heavy atom. The summed E-state index contributed by atoms with van der Waals surface area (Å²) in [5, 5.41) is 35.4. The van der Waals surface area contributed by atoms with Gasteiger partial charge in [0.25, 0.3) is 11.1 Å². The van der Waals surface area contributed by atoms with Gasteiger partial charge >= 0.3 is 0 Å². The fourth-order valence-corrected chi connectivity index (χ4v) is 5.01. The normalized spacial score (nSPS) is 11.9. The molecule has 0 bridgehead atoms. The van der Waals surface area contributed by atoms with Crippen molar-refractivity contribution in [2.24, 2.45) is 7.05 Å². The SMILES string of the molecule is Cn1nc(-c2cccc(-n3ccc4cc(C(C)(C)C=N)cc(F)c4c3=O)c2CO)cc(Nc2ccc(OC(C)(C)CO)cn2)c1=O. The highest BCUT2D eigenvalue weighted by atomic mass is 19.1. The van der Waals surface area contributed by atoms with E-state index in [0.717, 1.165) is 4.68 Å². The van der Waals surface area contributed by atoms with E-state index >= 15 is 4.39 Å². The third kappa shape index (κ3) is 6.17.